The second-order valence-electron chi connectivity index (χ2n) is 7.19. The quantitative estimate of drug-likeness (QED) is 0.750. The Balaban J connectivity index is 1.45. The highest BCUT2D eigenvalue weighted by atomic mass is 16.5. The summed E-state index contributed by atoms with van der Waals surface area (Å²) in [5.74, 6) is 2.13. The lowest BCUT2D eigenvalue weighted by Gasteiger charge is -2.29. The van der Waals surface area contributed by atoms with Gasteiger partial charge in [0.05, 0.1) is 0 Å². The van der Waals surface area contributed by atoms with E-state index in [1.165, 1.54) is 0 Å². The smallest absolute Gasteiger partial charge is 0.140 e. The lowest BCUT2D eigenvalue weighted by Crippen LogP contribution is -2.35. The molecule has 1 aliphatic rings. The van der Waals surface area contributed by atoms with Gasteiger partial charge in [-0.1, -0.05) is 12.1 Å². The van der Waals surface area contributed by atoms with Crippen molar-refractivity contribution in [2.24, 2.45) is 0 Å². The van der Waals surface area contributed by atoms with Crippen LogP contribution in [0.1, 0.15) is 18.4 Å². The molecule has 0 radical (unpaired) electrons. The van der Waals surface area contributed by atoms with Crippen molar-refractivity contribution in [1.82, 2.24) is 14.5 Å². The number of imidazole rings is 1. The number of likely N-dealkylation sites (tertiary alicyclic amines) is 1. The summed E-state index contributed by atoms with van der Waals surface area (Å²) in [7, 11) is 2.16. The van der Waals surface area contributed by atoms with Gasteiger partial charge in [0.25, 0.3) is 0 Å². The third kappa shape index (κ3) is 4.31. The molecule has 0 saturated carbocycles. The highest BCUT2D eigenvalue weighted by molar-refractivity contribution is 5.57. The van der Waals surface area contributed by atoms with Gasteiger partial charge in [-0.05, 0) is 61.9 Å². The number of phenolic OH excluding ortho intramolecular Hbond substituents is 1. The number of hydrogen-bond donors (Lipinski definition) is 1. The number of piperidine rings is 1. The van der Waals surface area contributed by atoms with Crippen LogP contribution in [0.4, 0.5) is 0 Å². The number of rotatable bonds is 5. The van der Waals surface area contributed by atoms with Crippen molar-refractivity contribution >= 4 is 0 Å². The number of benzene rings is 2. The molecule has 27 heavy (non-hydrogen) atoms. The molecular weight excluding hydrogens is 338 g/mol. The van der Waals surface area contributed by atoms with Crippen molar-refractivity contribution in [1.29, 1.82) is 0 Å². The summed E-state index contributed by atoms with van der Waals surface area (Å²) < 4.78 is 8.25. The van der Waals surface area contributed by atoms with Crippen LogP contribution in [0.5, 0.6) is 11.5 Å². The molecule has 0 spiro atoms. The summed E-state index contributed by atoms with van der Waals surface area (Å²) in [6.45, 7) is 2.90. The highest BCUT2D eigenvalue weighted by Gasteiger charge is 2.18. The first kappa shape index (κ1) is 17.6. The molecule has 1 aromatic heterocycles. The largest absolute Gasteiger partial charge is 0.508 e. The zero-order chi connectivity index (χ0) is 18.6. The van der Waals surface area contributed by atoms with Crippen LogP contribution >= 0.6 is 0 Å². The zero-order valence-electron chi connectivity index (χ0n) is 15.6. The Hall–Kier alpha value is -2.79. The van der Waals surface area contributed by atoms with Gasteiger partial charge >= 0.3 is 0 Å². The van der Waals surface area contributed by atoms with Crippen LogP contribution in [0.3, 0.4) is 0 Å². The van der Waals surface area contributed by atoms with Gasteiger partial charge < -0.3 is 19.3 Å². The van der Waals surface area contributed by atoms with Crippen molar-refractivity contribution in [3.63, 3.8) is 0 Å². The Morgan fingerprint density at radius 3 is 2.44 bits per heavy atom. The fourth-order valence-corrected chi connectivity index (χ4v) is 3.47. The summed E-state index contributed by atoms with van der Waals surface area (Å²) >= 11 is 0. The van der Waals surface area contributed by atoms with Gasteiger partial charge in [0.2, 0.25) is 0 Å². The molecule has 1 saturated heterocycles. The number of ether oxygens (including phenoxy) is 1. The molecule has 1 N–H and O–H groups in total. The maximum Gasteiger partial charge on any atom is 0.140 e. The molecular formula is C22H25N3O2. The van der Waals surface area contributed by atoms with Crippen LogP contribution in [0.2, 0.25) is 0 Å². The summed E-state index contributed by atoms with van der Waals surface area (Å²) in [5.41, 5.74) is 2.18. The SMILES string of the molecule is CN1CCC(Oc2ccc(-c3nccn3Cc3ccc(O)cc3)cc2)CC1. The van der Waals surface area contributed by atoms with E-state index in [0.29, 0.717) is 12.6 Å². The first-order valence-corrected chi connectivity index (χ1v) is 9.42. The second kappa shape index (κ2) is 7.84. The van der Waals surface area contributed by atoms with Gasteiger partial charge in [-0.3, -0.25) is 0 Å². The minimum absolute atomic E-state index is 0.282. The Morgan fingerprint density at radius 2 is 1.74 bits per heavy atom. The van der Waals surface area contributed by atoms with Gasteiger partial charge in [0.15, 0.2) is 0 Å². The normalized spacial score (nSPS) is 15.7. The van der Waals surface area contributed by atoms with Gasteiger partial charge in [0, 0.05) is 37.6 Å². The summed E-state index contributed by atoms with van der Waals surface area (Å²) in [6, 6.07) is 15.5. The van der Waals surface area contributed by atoms with E-state index >= 15 is 0 Å². The van der Waals surface area contributed by atoms with Gasteiger partial charge in [0.1, 0.15) is 23.4 Å². The van der Waals surface area contributed by atoms with Crippen molar-refractivity contribution in [3.05, 3.63) is 66.5 Å². The molecule has 0 unspecified atom stereocenters. The predicted octanol–water partition coefficient (Wildman–Crippen LogP) is 3.78. The molecule has 0 amide bonds. The van der Waals surface area contributed by atoms with Crippen LogP contribution in [0, 0.1) is 0 Å². The first-order chi connectivity index (χ1) is 13.2. The molecule has 5 nitrogen and oxygen atoms in total. The molecule has 3 aromatic rings. The Labute approximate surface area is 159 Å². The fraction of sp³-hybridized carbons (Fsp3) is 0.318. The van der Waals surface area contributed by atoms with Crippen LogP contribution in [0.25, 0.3) is 11.4 Å². The molecule has 0 bridgehead atoms. The number of aromatic hydroxyl groups is 1. The van der Waals surface area contributed by atoms with Crippen LogP contribution in [0.15, 0.2) is 60.9 Å². The van der Waals surface area contributed by atoms with Crippen LogP contribution < -0.4 is 4.74 Å². The summed E-state index contributed by atoms with van der Waals surface area (Å²) in [6.07, 6.45) is 6.26. The van der Waals surface area contributed by atoms with E-state index in [-0.39, 0.29) is 5.75 Å². The van der Waals surface area contributed by atoms with E-state index in [0.717, 1.165) is 48.6 Å². The monoisotopic (exact) mass is 363 g/mol. The van der Waals surface area contributed by atoms with E-state index in [2.05, 4.69) is 33.6 Å². The molecule has 5 heteroatoms. The van der Waals surface area contributed by atoms with E-state index in [1.807, 2.05) is 36.7 Å². The van der Waals surface area contributed by atoms with Crippen LogP contribution in [-0.2, 0) is 6.54 Å². The summed E-state index contributed by atoms with van der Waals surface area (Å²) in [5, 5.41) is 9.44. The van der Waals surface area contributed by atoms with Gasteiger partial charge in [-0.25, -0.2) is 4.98 Å². The van der Waals surface area contributed by atoms with E-state index in [4.69, 9.17) is 4.74 Å². The molecule has 0 aliphatic carbocycles. The standard InChI is InChI=1S/C22H25N3O2/c1-24-13-10-21(11-14-24)27-20-8-4-18(5-9-20)22-23-12-15-25(22)16-17-2-6-19(26)7-3-17/h2-9,12,15,21,26H,10-11,13-14,16H2,1H3. The van der Waals surface area contributed by atoms with Crippen molar-refractivity contribution in [2.75, 3.05) is 20.1 Å². The minimum Gasteiger partial charge on any atom is -0.508 e. The summed E-state index contributed by atoms with van der Waals surface area (Å²) in [4.78, 5) is 6.87. The van der Waals surface area contributed by atoms with Gasteiger partial charge in [-0.15, -0.1) is 0 Å². The third-order valence-electron chi connectivity index (χ3n) is 5.09. The Kier molecular flexibility index (Phi) is 5.12. The van der Waals surface area contributed by atoms with Crippen molar-refractivity contribution in [3.8, 4) is 22.9 Å². The first-order valence-electron chi connectivity index (χ1n) is 9.42. The maximum absolute atomic E-state index is 9.44. The second-order valence-corrected chi connectivity index (χ2v) is 7.19. The zero-order valence-corrected chi connectivity index (χ0v) is 15.6. The lowest BCUT2D eigenvalue weighted by molar-refractivity contribution is 0.114. The highest BCUT2D eigenvalue weighted by Crippen LogP contribution is 2.24. The number of nitrogens with zero attached hydrogens (tertiary/aromatic N) is 3. The number of aromatic nitrogens is 2. The molecule has 2 heterocycles. The molecule has 0 atom stereocenters. The Bertz CT molecular complexity index is 863. The number of phenols is 1. The predicted molar refractivity (Wildman–Crippen MR) is 106 cm³/mol. The number of hydrogen-bond acceptors (Lipinski definition) is 4. The van der Waals surface area contributed by atoms with E-state index in [1.54, 1.807) is 12.1 Å². The minimum atomic E-state index is 0.282. The van der Waals surface area contributed by atoms with E-state index < -0.39 is 0 Å². The maximum atomic E-state index is 9.44. The Morgan fingerprint density at radius 1 is 1.04 bits per heavy atom. The van der Waals surface area contributed by atoms with Gasteiger partial charge in [-0.2, -0.15) is 0 Å². The molecule has 140 valence electrons. The fourth-order valence-electron chi connectivity index (χ4n) is 3.47. The molecule has 1 aliphatic heterocycles. The third-order valence-corrected chi connectivity index (χ3v) is 5.09. The van der Waals surface area contributed by atoms with E-state index in [9.17, 15) is 5.11 Å². The molecule has 4 rings (SSSR count). The molecule has 1 fully saturated rings. The van der Waals surface area contributed by atoms with Crippen molar-refractivity contribution < 1.29 is 9.84 Å². The topological polar surface area (TPSA) is 50.5 Å². The van der Waals surface area contributed by atoms with Crippen molar-refractivity contribution in [2.45, 2.75) is 25.5 Å². The van der Waals surface area contributed by atoms with Crippen LogP contribution in [-0.4, -0.2) is 45.8 Å². The average Bonchev–Trinajstić information content (AvgIpc) is 3.14. The molecule has 2 aromatic carbocycles. The lowest BCUT2D eigenvalue weighted by atomic mass is 10.1. The average molecular weight is 363 g/mol.